The van der Waals surface area contributed by atoms with Gasteiger partial charge in [0.1, 0.15) is 28.5 Å². The normalized spacial score (nSPS) is 19.6. The van der Waals surface area contributed by atoms with Crippen molar-refractivity contribution in [2.24, 2.45) is 10.7 Å². The number of amides is 1. The minimum Gasteiger partial charge on any atom is -0.369 e. The van der Waals surface area contributed by atoms with Crippen molar-refractivity contribution < 1.29 is 32.9 Å². The van der Waals surface area contributed by atoms with Gasteiger partial charge in [0.15, 0.2) is 0 Å². The molecule has 0 unspecified atom stereocenters. The first-order valence-electron chi connectivity index (χ1n) is 9.89. The Morgan fingerprint density at radius 2 is 1.89 bits per heavy atom. The lowest BCUT2D eigenvalue weighted by molar-refractivity contribution is -0.326. The number of aliphatic hydroxyl groups is 3. The summed E-state index contributed by atoms with van der Waals surface area (Å²) in [6.07, 6.45) is 1.66. The Labute approximate surface area is 200 Å². The molecule has 14 heteroatoms. The van der Waals surface area contributed by atoms with Crippen molar-refractivity contribution in [3.63, 3.8) is 0 Å². The zero-order valence-electron chi connectivity index (χ0n) is 18.7. The van der Waals surface area contributed by atoms with Gasteiger partial charge in [-0.1, -0.05) is 13.2 Å². The topological polar surface area (TPSA) is 191 Å². The van der Waals surface area contributed by atoms with Gasteiger partial charge in [-0.25, -0.2) is 32.1 Å². The second-order valence-electron chi connectivity index (χ2n) is 7.94. The van der Waals surface area contributed by atoms with Crippen molar-refractivity contribution in [1.29, 1.82) is 0 Å². The number of aliphatic imine (C=N–C) groups is 1. The summed E-state index contributed by atoms with van der Waals surface area (Å²) in [6, 6.07) is 3.45. The fourth-order valence-corrected chi connectivity index (χ4v) is 5.42. The van der Waals surface area contributed by atoms with E-state index in [1.165, 1.54) is 26.0 Å². The molecule has 3 rings (SSSR count). The molecule has 35 heavy (non-hydrogen) atoms. The Kier molecular flexibility index (Phi) is 6.52. The Balaban J connectivity index is 2.03. The number of anilines is 1. The third kappa shape index (κ3) is 4.90. The molecule has 0 spiro atoms. The standard InChI is InChI=1S/C21H23FN6O6S/c1-11(2)20(10-35(33,34)28(12(3)4)19(23)27-20)14-7-13(5-6-15(14)22)26-18(29)16-8-25-17(9-24-16)21(30,31)32/h5-9,30-32H,1,3,10H2,2,4H3,(H2,23,27)(H,26,29)/t20-/m1/s1. The van der Waals surface area contributed by atoms with Gasteiger partial charge in [0.05, 0.1) is 12.4 Å². The molecule has 1 aromatic carbocycles. The highest BCUT2D eigenvalue weighted by molar-refractivity contribution is 7.89. The number of allylic oxidation sites excluding steroid dienone is 1. The van der Waals surface area contributed by atoms with E-state index in [0.717, 1.165) is 22.8 Å². The molecule has 1 aliphatic heterocycles. The van der Waals surface area contributed by atoms with Crippen LogP contribution in [0.25, 0.3) is 0 Å². The van der Waals surface area contributed by atoms with Gasteiger partial charge in [-0.05, 0) is 37.6 Å². The lowest BCUT2D eigenvalue weighted by Crippen LogP contribution is -2.52. The van der Waals surface area contributed by atoms with Crippen LogP contribution in [0.2, 0.25) is 0 Å². The zero-order chi connectivity index (χ0) is 26.3. The summed E-state index contributed by atoms with van der Waals surface area (Å²) in [7, 11) is -4.10. The van der Waals surface area contributed by atoms with Crippen molar-refractivity contribution in [2.45, 2.75) is 25.4 Å². The SMILES string of the molecule is C=C(C)N1C(N)=N[C@](C(=C)C)(c2cc(NC(=O)c3cnc(C(O)(O)O)cn3)ccc2F)CS1(=O)=O. The Morgan fingerprint density at radius 1 is 1.23 bits per heavy atom. The molecule has 12 nitrogen and oxygen atoms in total. The molecule has 186 valence electrons. The van der Waals surface area contributed by atoms with Crippen LogP contribution in [-0.4, -0.2) is 55.6 Å². The highest BCUT2D eigenvalue weighted by Gasteiger charge is 2.47. The summed E-state index contributed by atoms with van der Waals surface area (Å²) in [5, 5.41) is 29.8. The van der Waals surface area contributed by atoms with Crippen molar-refractivity contribution >= 4 is 27.6 Å². The van der Waals surface area contributed by atoms with Gasteiger partial charge in [-0.3, -0.25) is 4.79 Å². The third-order valence-electron chi connectivity index (χ3n) is 5.13. The van der Waals surface area contributed by atoms with Crippen LogP contribution in [0.1, 0.15) is 35.6 Å². The molecule has 0 radical (unpaired) electrons. The maximum absolute atomic E-state index is 15.0. The van der Waals surface area contributed by atoms with E-state index in [0.29, 0.717) is 0 Å². The van der Waals surface area contributed by atoms with E-state index >= 15 is 4.39 Å². The van der Waals surface area contributed by atoms with Crippen LogP contribution >= 0.6 is 0 Å². The molecule has 0 saturated carbocycles. The fraction of sp³-hybridized carbons (Fsp3) is 0.238. The van der Waals surface area contributed by atoms with Crippen LogP contribution in [-0.2, 0) is 21.5 Å². The maximum atomic E-state index is 15.0. The lowest BCUT2D eigenvalue weighted by atomic mass is 9.85. The molecule has 1 atom stereocenters. The van der Waals surface area contributed by atoms with Crippen LogP contribution in [0.3, 0.4) is 0 Å². The van der Waals surface area contributed by atoms with Gasteiger partial charge in [-0.15, -0.1) is 0 Å². The third-order valence-corrected chi connectivity index (χ3v) is 6.97. The molecule has 1 aromatic heterocycles. The highest BCUT2D eigenvalue weighted by atomic mass is 32.2. The van der Waals surface area contributed by atoms with E-state index in [4.69, 9.17) is 21.1 Å². The minimum absolute atomic E-state index is 0.0622. The predicted molar refractivity (Wildman–Crippen MR) is 123 cm³/mol. The number of hydrogen-bond donors (Lipinski definition) is 5. The quantitative estimate of drug-likeness (QED) is 0.269. The molecule has 0 saturated heterocycles. The van der Waals surface area contributed by atoms with Crippen molar-refractivity contribution in [1.82, 2.24) is 14.3 Å². The van der Waals surface area contributed by atoms with E-state index in [9.17, 15) is 13.2 Å². The Morgan fingerprint density at radius 3 is 2.37 bits per heavy atom. The van der Waals surface area contributed by atoms with E-state index < -0.39 is 50.7 Å². The molecular weight excluding hydrogens is 483 g/mol. The molecule has 1 aliphatic rings. The number of guanidine groups is 1. The number of carbonyl (C=O) groups excluding carboxylic acids is 1. The molecule has 1 amide bonds. The number of nitrogens with two attached hydrogens (primary N) is 1. The van der Waals surface area contributed by atoms with Crippen LogP contribution < -0.4 is 11.1 Å². The molecule has 0 fully saturated rings. The van der Waals surface area contributed by atoms with Gasteiger partial charge in [0.2, 0.25) is 16.0 Å². The first-order valence-corrected chi connectivity index (χ1v) is 11.5. The van der Waals surface area contributed by atoms with Crippen molar-refractivity contribution in [2.75, 3.05) is 11.1 Å². The van der Waals surface area contributed by atoms with E-state index in [1.807, 2.05) is 0 Å². The minimum atomic E-state index is -4.10. The van der Waals surface area contributed by atoms with Crippen molar-refractivity contribution in [3.8, 4) is 0 Å². The number of aromatic nitrogens is 2. The number of benzene rings is 1. The van der Waals surface area contributed by atoms with Crippen molar-refractivity contribution in [3.05, 3.63) is 77.8 Å². The van der Waals surface area contributed by atoms with Gasteiger partial charge >= 0.3 is 5.97 Å². The summed E-state index contributed by atoms with van der Waals surface area (Å²) in [4.78, 5) is 24.1. The Hall–Kier alpha value is -3.72. The number of carbonyl (C=O) groups is 1. The number of halogens is 1. The summed E-state index contributed by atoms with van der Waals surface area (Å²) in [5.41, 5.74) is 3.43. The van der Waals surface area contributed by atoms with E-state index in [-0.39, 0.29) is 28.2 Å². The number of hydrogen-bond acceptors (Lipinski definition) is 10. The molecule has 2 aromatic rings. The largest absolute Gasteiger partial charge is 0.369 e. The molecule has 0 bridgehead atoms. The summed E-state index contributed by atoms with van der Waals surface area (Å²) < 4.78 is 41.8. The Bertz CT molecular complexity index is 1350. The van der Waals surface area contributed by atoms with Gasteiger partial charge < -0.3 is 26.4 Å². The summed E-state index contributed by atoms with van der Waals surface area (Å²) in [5.74, 6) is -5.94. The second-order valence-corrected chi connectivity index (χ2v) is 9.76. The number of nitrogens with one attached hydrogen (secondary N) is 1. The average molecular weight is 507 g/mol. The number of sulfonamides is 1. The zero-order valence-corrected chi connectivity index (χ0v) is 19.5. The molecular formula is C21H23FN6O6S. The van der Waals surface area contributed by atoms with E-state index in [1.54, 1.807) is 0 Å². The highest BCUT2D eigenvalue weighted by Crippen LogP contribution is 2.41. The molecule has 6 N–H and O–H groups in total. The van der Waals surface area contributed by atoms with Gasteiger partial charge in [-0.2, -0.15) is 0 Å². The van der Waals surface area contributed by atoms with Gasteiger partial charge in [0.25, 0.3) is 5.91 Å². The average Bonchev–Trinajstić information content (AvgIpc) is 2.72. The lowest BCUT2D eigenvalue weighted by Gasteiger charge is -2.39. The second kappa shape index (κ2) is 8.81. The molecule has 0 aliphatic carbocycles. The predicted octanol–water partition coefficient (Wildman–Crippen LogP) is 0.220. The monoisotopic (exact) mass is 506 g/mol. The first-order chi connectivity index (χ1) is 16.1. The van der Waals surface area contributed by atoms with Crippen LogP contribution in [0.5, 0.6) is 0 Å². The van der Waals surface area contributed by atoms with Gasteiger partial charge in [0, 0.05) is 16.9 Å². The van der Waals surface area contributed by atoms with Crippen LogP contribution in [0.4, 0.5) is 10.1 Å². The molecule has 2 heterocycles. The smallest absolute Gasteiger partial charge is 0.323 e. The van der Waals surface area contributed by atoms with Crippen LogP contribution in [0, 0.1) is 5.82 Å². The summed E-state index contributed by atoms with van der Waals surface area (Å²) in [6.45, 7) is 10.3. The number of nitrogens with zero attached hydrogens (tertiary/aromatic N) is 4. The first kappa shape index (κ1) is 25.9. The number of rotatable bonds is 6. The summed E-state index contributed by atoms with van der Waals surface area (Å²) >= 11 is 0. The van der Waals surface area contributed by atoms with E-state index in [2.05, 4.69) is 33.4 Å². The van der Waals surface area contributed by atoms with Crippen LogP contribution in [0.15, 0.2) is 60.0 Å². The fourth-order valence-electron chi connectivity index (χ4n) is 3.50. The maximum Gasteiger partial charge on any atom is 0.323 e.